The van der Waals surface area contributed by atoms with Gasteiger partial charge in [-0.15, -0.1) is 0 Å². The monoisotopic (exact) mass is 339 g/mol. The van der Waals surface area contributed by atoms with Crippen molar-refractivity contribution in [1.29, 1.82) is 0 Å². The predicted octanol–water partition coefficient (Wildman–Crippen LogP) is 1.57. The number of carbonyl (C=O) groups is 2. The average Bonchev–Trinajstić information content (AvgIpc) is 2.55. The summed E-state index contributed by atoms with van der Waals surface area (Å²) in [6.45, 7) is 3.58. The number of amides is 2. The first-order valence-electron chi connectivity index (χ1n) is 8.24. The van der Waals surface area contributed by atoms with E-state index in [4.69, 9.17) is 0 Å². The third-order valence-corrected chi connectivity index (χ3v) is 4.08. The van der Waals surface area contributed by atoms with Crippen LogP contribution in [0, 0.1) is 11.6 Å². The van der Waals surface area contributed by atoms with E-state index in [1.807, 2.05) is 6.92 Å². The van der Waals surface area contributed by atoms with Gasteiger partial charge in [-0.25, -0.2) is 8.78 Å². The van der Waals surface area contributed by atoms with Crippen LogP contribution in [0.4, 0.5) is 8.78 Å². The summed E-state index contributed by atoms with van der Waals surface area (Å²) in [5, 5.41) is 5.49. The second-order valence-electron chi connectivity index (χ2n) is 5.90. The van der Waals surface area contributed by atoms with Crippen molar-refractivity contribution in [3.8, 4) is 0 Å². The topological polar surface area (TPSA) is 61.4 Å². The zero-order valence-electron chi connectivity index (χ0n) is 13.8. The summed E-state index contributed by atoms with van der Waals surface area (Å²) in [4.78, 5) is 25.8. The van der Waals surface area contributed by atoms with Crippen LogP contribution in [0.15, 0.2) is 18.2 Å². The van der Waals surface area contributed by atoms with E-state index in [-0.39, 0.29) is 30.3 Å². The molecule has 1 aliphatic rings. The molecule has 0 bridgehead atoms. The number of nitrogens with zero attached hydrogens (tertiary/aromatic N) is 1. The van der Waals surface area contributed by atoms with Crippen molar-refractivity contribution in [2.24, 2.45) is 0 Å². The molecule has 2 N–H and O–H groups in total. The standard InChI is InChI=1S/C17H23F2N3O2/c1-2-3-7-20-15(23)10-14-17(24)21-8-9-22(14)11-12-5-4-6-13(18)16(12)19/h4-6,14H,2-3,7-11H2,1H3,(H,20,23)(H,21,24)/t14-/m1/s1. The average molecular weight is 339 g/mol. The second kappa shape index (κ2) is 8.73. The lowest BCUT2D eigenvalue weighted by Crippen LogP contribution is -2.56. The SMILES string of the molecule is CCCCNC(=O)C[C@@H]1C(=O)NCCN1Cc1cccc(F)c1F. The van der Waals surface area contributed by atoms with Gasteiger partial charge in [-0.3, -0.25) is 14.5 Å². The van der Waals surface area contributed by atoms with E-state index in [9.17, 15) is 18.4 Å². The van der Waals surface area contributed by atoms with E-state index in [1.165, 1.54) is 12.1 Å². The maximum Gasteiger partial charge on any atom is 0.237 e. The number of unbranched alkanes of at least 4 members (excludes halogenated alkanes) is 1. The summed E-state index contributed by atoms with van der Waals surface area (Å²) in [5.41, 5.74) is 0.182. The third-order valence-electron chi connectivity index (χ3n) is 4.08. The van der Waals surface area contributed by atoms with Crippen molar-refractivity contribution in [2.45, 2.75) is 38.8 Å². The smallest absolute Gasteiger partial charge is 0.237 e. The molecule has 1 heterocycles. The number of hydrogen-bond donors (Lipinski definition) is 2. The Kier molecular flexibility index (Phi) is 6.66. The lowest BCUT2D eigenvalue weighted by molar-refractivity contribution is -0.134. The Labute approximate surface area is 140 Å². The summed E-state index contributed by atoms with van der Waals surface area (Å²) in [6.07, 6.45) is 1.85. The number of nitrogens with one attached hydrogen (secondary N) is 2. The molecule has 1 aromatic carbocycles. The highest BCUT2D eigenvalue weighted by Crippen LogP contribution is 2.18. The van der Waals surface area contributed by atoms with Gasteiger partial charge in [0.2, 0.25) is 11.8 Å². The van der Waals surface area contributed by atoms with Crippen molar-refractivity contribution in [1.82, 2.24) is 15.5 Å². The maximum absolute atomic E-state index is 13.9. The minimum Gasteiger partial charge on any atom is -0.356 e. The van der Waals surface area contributed by atoms with Crippen LogP contribution in [0.1, 0.15) is 31.7 Å². The van der Waals surface area contributed by atoms with Crippen molar-refractivity contribution >= 4 is 11.8 Å². The van der Waals surface area contributed by atoms with Crippen LogP contribution in [0.3, 0.4) is 0 Å². The number of piperazine rings is 1. The summed E-state index contributed by atoms with van der Waals surface area (Å²) in [5.74, 6) is -2.30. The molecule has 0 unspecified atom stereocenters. The zero-order valence-corrected chi connectivity index (χ0v) is 13.8. The molecule has 2 rings (SSSR count). The van der Waals surface area contributed by atoms with Gasteiger partial charge in [0.25, 0.3) is 0 Å². The Morgan fingerprint density at radius 2 is 2.21 bits per heavy atom. The first kappa shape index (κ1) is 18.3. The normalized spacial score (nSPS) is 18.3. The zero-order chi connectivity index (χ0) is 17.5. The highest BCUT2D eigenvalue weighted by Gasteiger charge is 2.32. The van der Waals surface area contributed by atoms with E-state index in [1.54, 1.807) is 4.90 Å². The first-order chi connectivity index (χ1) is 11.5. The fraction of sp³-hybridized carbons (Fsp3) is 0.529. The van der Waals surface area contributed by atoms with Crippen LogP contribution in [-0.2, 0) is 16.1 Å². The first-order valence-corrected chi connectivity index (χ1v) is 8.24. The Hall–Kier alpha value is -2.02. The Morgan fingerprint density at radius 1 is 1.42 bits per heavy atom. The molecule has 24 heavy (non-hydrogen) atoms. The third kappa shape index (κ3) is 4.74. The number of benzene rings is 1. The van der Waals surface area contributed by atoms with E-state index < -0.39 is 17.7 Å². The van der Waals surface area contributed by atoms with Crippen molar-refractivity contribution in [3.63, 3.8) is 0 Å². The fourth-order valence-electron chi connectivity index (χ4n) is 2.71. The van der Waals surface area contributed by atoms with Gasteiger partial charge >= 0.3 is 0 Å². The highest BCUT2D eigenvalue weighted by atomic mass is 19.2. The molecular formula is C17H23F2N3O2. The van der Waals surface area contributed by atoms with E-state index in [0.717, 1.165) is 18.9 Å². The summed E-state index contributed by atoms with van der Waals surface area (Å²) in [7, 11) is 0. The highest BCUT2D eigenvalue weighted by molar-refractivity contribution is 5.88. The molecule has 1 saturated heterocycles. The minimum atomic E-state index is -0.914. The predicted molar refractivity (Wildman–Crippen MR) is 86.1 cm³/mol. The molecular weight excluding hydrogens is 316 g/mol. The number of halogens is 2. The summed E-state index contributed by atoms with van der Waals surface area (Å²) in [6, 6.07) is 3.30. The van der Waals surface area contributed by atoms with Gasteiger partial charge in [-0.2, -0.15) is 0 Å². The van der Waals surface area contributed by atoms with Crippen LogP contribution >= 0.6 is 0 Å². The van der Waals surface area contributed by atoms with Crippen LogP contribution in [0.5, 0.6) is 0 Å². The van der Waals surface area contributed by atoms with E-state index in [0.29, 0.717) is 19.6 Å². The summed E-state index contributed by atoms with van der Waals surface area (Å²) >= 11 is 0. The molecule has 0 aromatic heterocycles. The second-order valence-corrected chi connectivity index (χ2v) is 5.90. The van der Waals surface area contributed by atoms with Crippen LogP contribution < -0.4 is 10.6 Å². The molecule has 0 saturated carbocycles. The summed E-state index contributed by atoms with van der Waals surface area (Å²) < 4.78 is 27.2. The van der Waals surface area contributed by atoms with Crippen molar-refractivity contribution in [2.75, 3.05) is 19.6 Å². The molecule has 7 heteroatoms. The van der Waals surface area contributed by atoms with E-state index >= 15 is 0 Å². The Bertz CT molecular complexity index is 595. The molecule has 0 radical (unpaired) electrons. The number of carbonyl (C=O) groups excluding carboxylic acids is 2. The van der Waals surface area contributed by atoms with Crippen LogP contribution in [0.25, 0.3) is 0 Å². The molecule has 1 fully saturated rings. The molecule has 0 aliphatic carbocycles. The van der Waals surface area contributed by atoms with Crippen LogP contribution in [0.2, 0.25) is 0 Å². The van der Waals surface area contributed by atoms with Gasteiger partial charge in [-0.05, 0) is 12.5 Å². The number of rotatable bonds is 7. The number of hydrogen-bond acceptors (Lipinski definition) is 3. The van der Waals surface area contributed by atoms with Crippen molar-refractivity contribution < 1.29 is 18.4 Å². The largest absolute Gasteiger partial charge is 0.356 e. The van der Waals surface area contributed by atoms with E-state index in [2.05, 4.69) is 10.6 Å². The maximum atomic E-state index is 13.9. The molecule has 5 nitrogen and oxygen atoms in total. The van der Waals surface area contributed by atoms with Gasteiger partial charge in [0.05, 0.1) is 12.5 Å². The van der Waals surface area contributed by atoms with Crippen LogP contribution in [-0.4, -0.2) is 42.4 Å². The van der Waals surface area contributed by atoms with Gasteiger partial charge in [0.15, 0.2) is 11.6 Å². The molecule has 1 atom stereocenters. The Morgan fingerprint density at radius 3 is 2.96 bits per heavy atom. The van der Waals surface area contributed by atoms with Gasteiger partial charge < -0.3 is 10.6 Å². The van der Waals surface area contributed by atoms with Crippen molar-refractivity contribution in [3.05, 3.63) is 35.4 Å². The molecule has 0 spiro atoms. The van der Waals surface area contributed by atoms with Gasteiger partial charge in [-0.1, -0.05) is 25.5 Å². The molecule has 1 aliphatic heterocycles. The van der Waals surface area contributed by atoms with Gasteiger partial charge in [0.1, 0.15) is 0 Å². The Balaban J connectivity index is 2.04. The van der Waals surface area contributed by atoms with Gasteiger partial charge in [0, 0.05) is 31.7 Å². The molecule has 2 amide bonds. The minimum absolute atomic E-state index is 0.00643. The fourth-order valence-corrected chi connectivity index (χ4v) is 2.71. The quantitative estimate of drug-likeness (QED) is 0.742. The molecule has 1 aromatic rings. The lowest BCUT2D eigenvalue weighted by Gasteiger charge is -2.34. The lowest BCUT2D eigenvalue weighted by atomic mass is 10.1. The molecule has 132 valence electrons.